The van der Waals surface area contributed by atoms with Gasteiger partial charge in [0.05, 0.1) is 10.2 Å². The predicted octanol–water partition coefficient (Wildman–Crippen LogP) is 4.46. The van der Waals surface area contributed by atoms with Crippen LogP contribution in [0.2, 0.25) is 0 Å². The zero-order valence-corrected chi connectivity index (χ0v) is 15.5. The zero-order valence-electron chi connectivity index (χ0n) is 13.9. The van der Waals surface area contributed by atoms with Crippen LogP contribution in [-0.4, -0.2) is 18.2 Å². The van der Waals surface area contributed by atoms with Gasteiger partial charge in [0.2, 0.25) is 0 Å². The number of aryl methyl sites for hydroxylation is 1. The van der Waals surface area contributed by atoms with Crippen LogP contribution in [0.4, 0.5) is 0 Å². The van der Waals surface area contributed by atoms with Gasteiger partial charge < -0.3 is 4.74 Å². The first-order valence-electron chi connectivity index (χ1n) is 7.90. The van der Waals surface area contributed by atoms with Crippen molar-refractivity contribution < 1.29 is 9.53 Å². The van der Waals surface area contributed by atoms with E-state index < -0.39 is 0 Å². The monoisotopic (exact) mass is 388 g/mol. The Bertz CT molecular complexity index is 715. The second-order valence-corrected chi connectivity index (χ2v) is 6.29. The summed E-state index contributed by atoms with van der Waals surface area (Å²) in [7, 11) is 0. The van der Waals surface area contributed by atoms with Crippen LogP contribution in [0.1, 0.15) is 30.9 Å². The molecule has 0 aliphatic heterocycles. The largest absolute Gasteiger partial charge is 0.483 e. The molecule has 2 rings (SSSR count). The molecule has 0 aliphatic rings. The number of carbonyl (C=O) groups is 1. The fourth-order valence-corrected chi connectivity index (χ4v) is 2.77. The summed E-state index contributed by atoms with van der Waals surface area (Å²) in [6.07, 6.45) is 1.76. The van der Waals surface area contributed by atoms with Gasteiger partial charge in [0.15, 0.2) is 6.61 Å². The van der Waals surface area contributed by atoms with Crippen molar-refractivity contribution in [3.8, 4) is 5.75 Å². The van der Waals surface area contributed by atoms with Crippen LogP contribution in [0, 0.1) is 6.92 Å². The summed E-state index contributed by atoms with van der Waals surface area (Å²) in [6, 6.07) is 15.6. The molecule has 0 radical (unpaired) electrons. The van der Waals surface area contributed by atoms with Gasteiger partial charge in [-0.2, -0.15) is 5.10 Å². The van der Waals surface area contributed by atoms with E-state index in [-0.39, 0.29) is 12.5 Å². The van der Waals surface area contributed by atoms with Crippen LogP contribution >= 0.6 is 15.9 Å². The van der Waals surface area contributed by atoms with E-state index >= 15 is 0 Å². The minimum Gasteiger partial charge on any atom is -0.483 e. The zero-order chi connectivity index (χ0) is 17.4. The van der Waals surface area contributed by atoms with E-state index in [4.69, 9.17) is 4.74 Å². The average molecular weight is 389 g/mol. The molecule has 0 unspecified atom stereocenters. The van der Waals surface area contributed by atoms with Gasteiger partial charge in [0.25, 0.3) is 5.91 Å². The molecule has 1 N–H and O–H groups in total. The molecule has 0 spiro atoms. The summed E-state index contributed by atoms with van der Waals surface area (Å²) in [5, 5.41) is 4.26. The number of carbonyl (C=O) groups excluding carboxylic acids is 1. The molecule has 0 fully saturated rings. The number of hydrogen-bond donors (Lipinski definition) is 1. The molecule has 0 bridgehead atoms. The van der Waals surface area contributed by atoms with E-state index in [1.165, 1.54) is 0 Å². The minimum absolute atomic E-state index is 0.0840. The summed E-state index contributed by atoms with van der Waals surface area (Å²) in [5.41, 5.74) is 5.58. The van der Waals surface area contributed by atoms with Gasteiger partial charge in [0.1, 0.15) is 5.75 Å². The third kappa shape index (κ3) is 5.49. The summed E-state index contributed by atoms with van der Waals surface area (Å²) in [6.45, 7) is 3.99. The first kappa shape index (κ1) is 18.2. The van der Waals surface area contributed by atoms with Crippen molar-refractivity contribution in [1.29, 1.82) is 0 Å². The number of hydrazone groups is 1. The lowest BCUT2D eigenvalue weighted by Crippen LogP contribution is -2.26. The Morgan fingerprint density at radius 3 is 2.62 bits per heavy atom. The Labute approximate surface area is 151 Å². The van der Waals surface area contributed by atoms with E-state index in [1.807, 2.05) is 55.5 Å². The van der Waals surface area contributed by atoms with Crippen LogP contribution < -0.4 is 10.2 Å². The molecule has 24 heavy (non-hydrogen) atoms. The van der Waals surface area contributed by atoms with Crippen LogP contribution in [0.5, 0.6) is 5.75 Å². The second-order valence-electron chi connectivity index (χ2n) is 5.43. The minimum atomic E-state index is -0.285. The molecule has 0 aliphatic carbocycles. The van der Waals surface area contributed by atoms with Gasteiger partial charge in [-0.05, 0) is 52.5 Å². The highest BCUT2D eigenvalue weighted by atomic mass is 79.9. The topological polar surface area (TPSA) is 50.7 Å². The molecule has 2 aromatic carbocycles. The van der Waals surface area contributed by atoms with E-state index in [9.17, 15) is 4.79 Å². The Morgan fingerprint density at radius 2 is 1.96 bits per heavy atom. The van der Waals surface area contributed by atoms with E-state index in [2.05, 4.69) is 33.4 Å². The van der Waals surface area contributed by atoms with Crippen LogP contribution in [0.3, 0.4) is 0 Å². The highest BCUT2D eigenvalue weighted by Crippen LogP contribution is 2.25. The number of ether oxygens (including phenoxy) is 1. The molecule has 126 valence electrons. The molecule has 0 aromatic heterocycles. The molecule has 0 heterocycles. The molecular weight excluding hydrogens is 368 g/mol. The number of nitrogens with one attached hydrogen (secondary N) is 1. The lowest BCUT2D eigenvalue weighted by Gasteiger charge is -2.09. The third-order valence-corrected chi connectivity index (χ3v) is 3.98. The van der Waals surface area contributed by atoms with Gasteiger partial charge in [-0.1, -0.05) is 49.7 Å². The maximum atomic E-state index is 12.0. The van der Waals surface area contributed by atoms with Crippen molar-refractivity contribution >= 4 is 27.5 Å². The van der Waals surface area contributed by atoms with E-state index in [0.29, 0.717) is 5.75 Å². The number of amides is 1. The number of benzene rings is 2. The normalized spacial score (nSPS) is 11.2. The number of hydrogen-bond acceptors (Lipinski definition) is 3. The predicted molar refractivity (Wildman–Crippen MR) is 100 cm³/mol. The van der Waals surface area contributed by atoms with Gasteiger partial charge in [-0.15, -0.1) is 0 Å². The van der Waals surface area contributed by atoms with E-state index in [0.717, 1.165) is 34.2 Å². The fourth-order valence-electron chi connectivity index (χ4n) is 2.16. The van der Waals surface area contributed by atoms with Gasteiger partial charge in [-0.25, -0.2) is 5.43 Å². The smallest absolute Gasteiger partial charge is 0.277 e. The van der Waals surface area contributed by atoms with Crippen LogP contribution in [0.15, 0.2) is 58.1 Å². The van der Waals surface area contributed by atoms with Crippen molar-refractivity contribution in [1.82, 2.24) is 5.43 Å². The molecular formula is C19H21BrN2O2. The van der Waals surface area contributed by atoms with Crippen LogP contribution in [0.25, 0.3) is 0 Å². The molecule has 2 aromatic rings. The quantitative estimate of drug-likeness (QED) is 0.562. The Morgan fingerprint density at radius 1 is 1.21 bits per heavy atom. The molecule has 4 nitrogen and oxygen atoms in total. The summed E-state index contributed by atoms with van der Waals surface area (Å²) in [5.74, 6) is 0.351. The highest BCUT2D eigenvalue weighted by Gasteiger charge is 2.07. The molecule has 0 saturated carbocycles. The van der Waals surface area contributed by atoms with Crippen molar-refractivity contribution in [3.05, 3.63) is 64.1 Å². The number of nitrogens with zero attached hydrogens (tertiary/aromatic N) is 1. The fraction of sp³-hybridized carbons (Fsp3) is 0.263. The highest BCUT2D eigenvalue weighted by molar-refractivity contribution is 9.10. The molecule has 1 amide bonds. The Kier molecular flexibility index (Phi) is 7.00. The number of halogens is 1. The summed E-state index contributed by atoms with van der Waals surface area (Å²) >= 11 is 3.43. The van der Waals surface area contributed by atoms with Gasteiger partial charge in [-0.3, -0.25) is 4.79 Å². The lowest BCUT2D eigenvalue weighted by molar-refractivity contribution is -0.123. The maximum Gasteiger partial charge on any atom is 0.277 e. The molecule has 0 saturated heterocycles. The van der Waals surface area contributed by atoms with E-state index in [1.54, 1.807) is 0 Å². The Balaban J connectivity index is 1.95. The first-order valence-corrected chi connectivity index (χ1v) is 8.69. The van der Waals surface area contributed by atoms with Crippen molar-refractivity contribution in [2.75, 3.05) is 6.61 Å². The van der Waals surface area contributed by atoms with Gasteiger partial charge >= 0.3 is 0 Å². The van der Waals surface area contributed by atoms with Crippen molar-refractivity contribution in [2.45, 2.75) is 26.7 Å². The molecule has 5 heteroatoms. The van der Waals surface area contributed by atoms with Gasteiger partial charge in [0, 0.05) is 0 Å². The maximum absolute atomic E-state index is 12.0. The standard InChI is InChI=1S/C19H21BrN2O2/c1-3-7-17(15-8-5-4-6-9-15)21-22-19(23)13-24-18-11-10-14(2)12-16(18)20/h4-6,8-12H,3,7,13H2,1-2H3,(H,22,23)/b21-17+. The second kappa shape index (κ2) is 9.23. The third-order valence-electron chi connectivity index (χ3n) is 3.36. The number of rotatable bonds is 7. The lowest BCUT2D eigenvalue weighted by atomic mass is 10.1. The Hall–Kier alpha value is -2.14. The van der Waals surface area contributed by atoms with Crippen molar-refractivity contribution in [3.63, 3.8) is 0 Å². The summed E-state index contributed by atoms with van der Waals surface area (Å²) in [4.78, 5) is 12.0. The molecule has 0 atom stereocenters. The van der Waals surface area contributed by atoms with Crippen molar-refractivity contribution in [2.24, 2.45) is 5.10 Å². The SMILES string of the molecule is CCC/C(=N\NC(=O)COc1ccc(C)cc1Br)c1ccccc1. The average Bonchev–Trinajstić information content (AvgIpc) is 2.58. The summed E-state index contributed by atoms with van der Waals surface area (Å²) < 4.78 is 6.35. The van der Waals surface area contributed by atoms with Crippen LogP contribution in [-0.2, 0) is 4.79 Å². The first-order chi connectivity index (χ1) is 11.6.